The summed E-state index contributed by atoms with van der Waals surface area (Å²) in [6.07, 6.45) is -0.0696. The number of hydrogen-bond donors (Lipinski definition) is 2. The van der Waals surface area contributed by atoms with E-state index in [2.05, 4.69) is 10.6 Å². The van der Waals surface area contributed by atoms with Crippen LogP contribution in [0.4, 0.5) is 27.5 Å². The van der Waals surface area contributed by atoms with E-state index in [0.717, 1.165) is 17.0 Å². The number of nitro benzene ring substituents is 2. The van der Waals surface area contributed by atoms with E-state index >= 15 is 0 Å². The van der Waals surface area contributed by atoms with Crippen LogP contribution in [0.5, 0.6) is 0 Å². The van der Waals surface area contributed by atoms with Crippen LogP contribution in [0, 0.1) is 20.2 Å². The number of nitrogens with zero attached hydrogens (tertiary/aromatic N) is 3. The number of anilines is 2. The molecule has 0 spiro atoms. The predicted molar refractivity (Wildman–Crippen MR) is 104 cm³/mol. The fourth-order valence-electron chi connectivity index (χ4n) is 2.99. The van der Waals surface area contributed by atoms with E-state index in [1.54, 1.807) is 0 Å². The Bertz CT molecular complexity index is 1050. The molecule has 1 aliphatic rings. The van der Waals surface area contributed by atoms with E-state index < -0.39 is 33.2 Å². The molecule has 1 fully saturated rings. The molecule has 154 valence electrons. The molecule has 0 bridgehead atoms. The Morgan fingerprint density at radius 2 is 1.50 bits per heavy atom. The van der Waals surface area contributed by atoms with Crippen LogP contribution in [0.3, 0.4) is 0 Å². The van der Waals surface area contributed by atoms with E-state index in [1.165, 1.54) is 43.3 Å². The van der Waals surface area contributed by atoms with Gasteiger partial charge < -0.3 is 10.6 Å². The summed E-state index contributed by atoms with van der Waals surface area (Å²) in [6, 6.07) is 8.86. The number of nitro groups is 2. The largest absolute Gasteiger partial charge is 0.330 e. The molecule has 1 aliphatic heterocycles. The number of non-ortho nitro benzene ring substituents is 2. The van der Waals surface area contributed by atoms with Gasteiger partial charge in [-0.15, -0.1) is 0 Å². The molecule has 0 aromatic heterocycles. The monoisotopic (exact) mass is 413 g/mol. The van der Waals surface area contributed by atoms with Crippen LogP contribution in [-0.4, -0.2) is 33.2 Å². The van der Waals surface area contributed by atoms with Gasteiger partial charge in [0.25, 0.3) is 23.2 Å². The summed E-state index contributed by atoms with van der Waals surface area (Å²) in [5, 5.41) is 26.4. The maximum absolute atomic E-state index is 13.0. The first-order valence-corrected chi connectivity index (χ1v) is 8.66. The van der Waals surface area contributed by atoms with Gasteiger partial charge in [-0.05, 0) is 30.7 Å². The van der Waals surface area contributed by atoms with Gasteiger partial charge in [0.1, 0.15) is 0 Å². The molecule has 1 unspecified atom stereocenters. The van der Waals surface area contributed by atoms with Gasteiger partial charge in [-0.3, -0.25) is 29.8 Å². The van der Waals surface area contributed by atoms with Crippen molar-refractivity contribution in [3.63, 3.8) is 0 Å². The minimum absolute atomic E-state index is 0.0696. The Morgan fingerprint density at radius 3 is 1.97 bits per heavy atom. The summed E-state index contributed by atoms with van der Waals surface area (Å²) < 4.78 is 0. The lowest BCUT2D eigenvalue weighted by molar-refractivity contribution is -0.385. The zero-order valence-corrected chi connectivity index (χ0v) is 15.5. The summed E-state index contributed by atoms with van der Waals surface area (Å²) in [4.78, 5) is 59.4. The van der Waals surface area contributed by atoms with Crippen LogP contribution in [-0.2, 0) is 9.59 Å². The van der Waals surface area contributed by atoms with E-state index in [-0.39, 0.29) is 29.2 Å². The van der Waals surface area contributed by atoms with Gasteiger partial charge in [-0.1, -0.05) is 6.92 Å². The zero-order valence-electron chi connectivity index (χ0n) is 15.5. The highest BCUT2D eigenvalue weighted by Gasteiger charge is 2.56. The topological polar surface area (TPSA) is 165 Å². The van der Waals surface area contributed by atoms with E-state index in [0.29, 0.717) is 0 Å². The highest BCUT2D eigenvalue weighted by atomic mass is 16.6. The van der Waals surface area contributed by atoms with Crippen molar-refractivity contribution in [3.05, 3.63) is 68.8 Å². The molecule has 2 aromatic carbocycles. The smallest absolute Gasteiger partial charge is 0.324 e. The third-order valence-corrected chi connectivity index (χ3v) is 4.66. The minimum atomic E-state index is -1.90. The molecular weight excluding hydrogens is 398 g/mol. The number of rotatable bonds is 6. The molecule has 0 radical (unpaired) electrons. The number of benzene rings is 2. The lowest BCUT2D eigenvalue weighted by Gasteiger charge is -2.24. The number of amides is 4. The lowest BCUT2D eigenvalue weighted by Crippen LogP contribution is -2.56. The van der Waals surface area contributed by atoms with Crippen LogP contribution in [0.2, 0.25) is 0 Å². The second-order valence-corrected chi connectivity index (χ2v) is 6.36. The summed E-state index contributed by atoms with van der Waals surface area (Å²) >= 11 is 0. The van der Waals surface area contributed by atoms with Crippen molar-refractivity contribution in [1.29, 1.82) is 0 Å². The first-order valence-electron chi connectivity index (χ1n) is 8.66. The molecule has 12 nitrogen and oxygen atoms in total. The second kappa shape index (κ2) is 7.58. The number of carbonyl (C=O) groups is 3. The molecule has 2 N–H and O–H groups in total. The normalized spacial score (nSPS) is 18.1. The highest BCUT2D eigenvalue weighted by molar-refractivity contribution is 6.32. The van der Waals surface area contributed by atoms with Gasteiger partial charge in [0.2, 0.25) is 5.54 Å². The van der Waals surface area contributed by atoms with Crippen LogP contribution >= 0.6 is 0 Å². The predicted octanol–water partition coefficient (Wildman–Crippen LogP) is 2.35. The van der Waals surface area contributed by atoms with Gasteiger partial charge >= 0.3 is 6.03 Å². The lowest BCUT2D eigenvalue weighted by atomic mass is 9.94. The molecular formula is C18H15N5O7. The first-order chi connectivity index (χ1) is 14.2. The van der Waals surface area contributed by atoms with Gasteiger partial charge in [-0.25, -0.2) is 9.69 Å². The number of carbonyl (C=O) groups excluding carboxylic acids is 3. The summed E-state index contributed by atoms with van der Waals surface area (Å²) in [5.74, 6) is -1.66. The van der Waals surface area contributed by atoms with Crippen molar-refractivity contribution < 1.29 is 24.2 Å². The molecule has 1 atom stereocenters. The quantitative estimate of drug-likeness (QED) is 0.317. The maximum atomic E-state index is 13.0. The number of imide groups is 1. The summed E-state index contributed by atoms with van der Waals surface area (Å²) in [7, 11) is 0. The summed E-state index contributed by atoms with van der Waals surface area (Å²) in [5.41, 5.74) is -2.02. The number of nitrogens with one attached hydrogen (secondary N) is 2. The second-order valence-electron chi connectivity index (χ2n) is 6.36. The molecule has 2 aromatic rings. The van der Waals surface area contributed by atoms with Crippen LogP contribution in [0.1, 0.15) is 13.3 Å². The van der Waals surface area contributed by atoms with Crippen molar-refractivity contribution in [2.75, 3.05) is 10.2 Å². The molecule has 0 saturated carbocycles. The van der Waals surface area contributed by atoms with E-state index in [9.17, 15) is 34.6 Å². The minimum Gasteiger partial charge on any atom is -0.324 e. The van der Waals surface area contributed by atoms with Crippen molar-refractivity contribution >= 4 is 40.6 Å². The molecule has 0 aliphatic carbocycles. The summed E-state index contributed by atoms with van der Waals surface area (Å²) in [6.45, 7) is 1.53. The number of urea groups is 1. The molecule has 30 heavy (non-hydrogen) atoms. The Hall–Kier alpha value is -4.35. The van der Waals surface area contributed by atoms with Crippen LogP contribution < -0.4 is 15.5 Å². The fraction of sp³-hybridized carbons (Fsp3) is 0.167. The molecule has 12 heteroatoms. The first kappa shape index (κ1) is 20.4. The van der Waals surface area contributed by atoms with Gasteiger partial charge in [0, 0.05) is 30.0 Å². The molecule has 3 rings (SSSR count). The Labute approximate surface area is 168 Å². The van der Waals surface area contributed by atoms with Crippen LogP contribution in [0.25, 0.3) is 0 Å². The molecule has 1 saturated heterocycles. The van der Waals surface area contributed by atoms with Crippen LogP contribution in [0.15, 0.2) is 48.5 Å². The van der Waals surface area contributed by atoms with E-state index in [1.807, 2.05) is 0 Å². The van der Waals surface area contributed by atoms with Gasteiger partial charge in [0.15, 0.2) is 0 Å². The van der Waals surface area contributed by atoms with Crippen molar-refractivity contribution in [2.24, 2.45) is 0 Å². The molecule has 1 heterocycles. The Morgan fingerprint density at radius 1 is 1.00 bits per heavy atom. The Kier molecular flexibility index (Phi) is 5.15. The third kappa shape index (κ3) is 3.41. The van der Waals surface area contributed by atoms with Crippen molar-refractivity contribution in [1.82, 2.24) is 5.32 Å². The Balaban J connectivity index is 1.86. The van der Waals surface area contributed by atoms with E-state index in [4.69, 9.17) is 0 Å². The van der Waals surface area contributed by atoms with Gasteiger partial charge in [0.05, 0.1) is 15.5 Å². The average molecular weight is 413 g/mol. The zero-order chi connectivity index (χ0) is 22.1. The standard InChI is InChI=1S/C18H15N5O7/c1-2-18(15(24)19-11-3-5-13(6-4-11)22(27)28)16(25)21(17(26)20-18)12-7-9-14(10-8-12)23(29)30/h3-10H,2H2,1H3,(H,19,24)(H,20,26). The number of hydrogen-bond acceptors (Lipinski definition) is 7. The maximum Gasteiger partial charge on any atom is 0.330 e. The SMILES string of the molecule is CCC1(C(=O)Nc2ccc([N+](=O)[O-])cc2)NC(=O)N(c2ccc([N+](=O)[O-])cc2)C1=O. The molecule has 4 amide bonds. The van der Waals surface area contributed by atoms with Crippen molar-refractivity contribution in [2.45, 2.75) is 18.9 Å². The van der Waals surface area contributed by atoms with Crippen molar-refractivity contribution in [3.8, 4) is 0 Å². The fourth-order valence-corrected chi connectivity index (χ4v) is 2.99. The highest BCUT2D eigenvalue weighted by Crippen LogP contribution is 2.30. The third-order valence-electron chi connectivity index (χ3n) is 4.66. The average Bonchev–Trinajstić information content (AvgIpc) is 2.99. The van der Waals surface area contributed by atoms with Gasteiger partial charge in [-0.2, -0.15) is 0 Å².